The van der Waals surface area contributed by atoms with E-state index in [0.29, 0.717) is 16.4 Å². The fourth-order valence-electron chi connectivity index (χ4n) is 2.63. The smallest absolute Gasteiger partial charge is 0.143 e. The summed E-state index contributed by atoms with van der Waals surface area (Å²) in [6, 6.07) is 17.2. The summed E-state index contributed by atoms with van der Waals surface area (Å²) in [4.78, 5) is 9.65. The van der Waals surface area contributed by atoms with Gasteiger partial charge in [0, 0.05) is 16.0 Å². The Morgan fingerprint density at radius 3 is 2.64 bits per heavy atom. The van der Waals surface area contributed by atoms with E-state index in [9.17, 15) is 5.26 Å². The molecule has 0 aliphatic heterocycles. The Morgan fingerprint density at radius 1 is 1.04 bits per heavy atom. The molecule has 2 aromatic heterocycles. The number of nitrogens with one attached hydrogen (secondary N) is 1. The van der Waals surface area contributed by atoms with Crippen molar-refractivity contribution in [2.75, 3.05) is 5.32 Å². The normalized spacial score (nSPS) is 10.6. The van der Waals surface area contributed by atoms with Crippen molar-refractivity contribution >= 4 is 44.7 Å². The number of fused-ring (bicyclic) bond motifs is 1. The third-order valence-corrected chi connectivity index (χ3v) is 4.96. The van der Waals surface area contributed by atoms with Gasteiger partial charge < -0.3 is 5.32 Å². The monoisotopic (exact) mass is 362 g/mol. The van der Waals surface area contributed by atoms with Gasteiger partial charge in [0.15, 0.2) is 0 Å². The van der Waals surface area contributed by atoms with Crippen LogP contribution >= 0.6 is 22.9 Å². The molecule has 0 saturated carbocycles. The first-order valence-corrected chi connectivity index (χ1v) is 8.76. The molecule has 0 saturated heterocycles. The molecule has 4 aromatic rings. The molecule has 120 valence electrons. The zero-order chi connectivity index (χ0) is 17.2. The SMILES string of the molecule is N#Cc1ccccc1Nc1ncnc2scc(-c3ccc(Cl)cc3)c12. The molecule has 0 bridgehead atoms. The Kier molecular flexibility index (Phi) is 4.06. The van der Waals surface area contributed by atoms with Crippen LogP contribution in [0.5, 0.6) is 0 Å². The van der Waals surface area contributed by atoms with E-state index in [-0.39, 0.29) is 0 Å². The molecule has 0 fully saturated rings. The highest BCUT2D eigenvalue weighted by atomic mass is 35.5. The average molecular weight is 363 g/mol. The summed E-state index contributed by atoms with van der Waals surface area (Å²) in [5.41, 5.74) is 3.37. The number of hydrogen-bond donors (Lipinski definition) is 1. The van der Waals surface area contributed by atoms with E-state index < -0.39 is 0 Å². The molecule has 6 heteroatoms. The second-order valence-corrected chi connectivity index (χ2v) is 6.64. The minimum absolute atomic E-state index is 0.567. The maximum atomic E-state index is 9.30. The third kappa shape index (κ3) is 2.93. The number of benzene rings is 2. The van der Waals surface area contributed by atoms with Crippen LogP contribution in [0, 0.1) is 11.3 Å². The van der Waals surface area contributed by atoms with E-state index in [1.807, 2.05) is 42.5 Å². The van der Waals surface area contributed by atoms with Crippen molar-refractivity contribution in [3.8, 4) is 17.2 Å². The first-order chi connectivity index (χ1) is 12.3. The maximum absolute atomic E-state index is 9.30. The van der Waals surface area contributed by atoms with Gasteiger partial charge in [-0.15, -0.1) is 11.3 Å². The molecule has 4 nitrogen and oxygen atoms in total. The van der Waals surface area contributed by atoms with E-state index in [1.165, 1.54) is 6.33 Å². The van der Waals surface area contributed by atoms with E-state index >= 15 is 0 Å². The minimum Gasteiger partial charge on any atom is -0.338 e. The summed E-state index contributed by atoms with van der Waals surface area (Å²) in [6.07, 6.45) is 1.53. The number of thiophene rings is 1. The minimum atomic E-state index is 0.567. The van der Waals surface area contributed by atoms with Crippen LogP contribution in [0.15, 0.2) is 60.2 Å². The lowest BCUT2D eigenvalue weighted by Crippen LogP contribution is -1.97. The van der Waals surface area contributed by atoms with Crippen molar-refractivity contribution in [1.29, 1.82) is 5.26 Å². The van der Waals surface area contributed by atoms with Gasteiger partial charge in [-0.05, 0) is 29.8 Å². The Hall–Kier alpha value is -2.94. The summed E-state index contributed by atoms with van der Waals surface area (Å²) in [5, 5.41) is 16.3. The second-order valence-electron chi connectivity index (χ2n) is 5.34. The van der Waals surface area contributed by atoms with Gasteiger partial charge in [-0.1, -0.05) is 35.9 Å². The molecule has 2 aromatic carbocycles. The van der Waals surface area contributed by atoms with Gasteiger partial charge in [0.2, 0.25) is 0 Å². The predicted octanol–water partition coefficient (Wildman–Crippen LogP) is 5.63. The molecule has 0 radical (unpaired) electrons. The first-order valence-electron chi connectivity index (χ1n) is 7.50. The number of halogens is 1. The fraction of sp³-hybridized carbons (Fsp3) is 0. The topological polar surface area (TPSA) is 61.6 Å². The number of para-hydroxylation sites is 1. The van der Waals surface area contributed by atoms with Crippen molar-refractivity contribution in [2.24, 2.45) is 0 Å². The van der Waals surface area contributed by atoms with E-state index in [0.717, 1.165) is 27.0 Å². The Balaban J connectivity index is 1.86. The predicted molar refractivity (Wildman–Crippen MR) is 102 cm³/mol. The lowest BCUT2D eigenvalue weighted by molar-refractivity contribution is 1.23. The summed E-state index contributed by atoms with van der Waals surface area (Å²) in [7, 11) is 0. The van der Waals surface area contributed by atoms with Crippen molar-refractivity contribution < 1.29 is 0 Å². The zero-order valence-corrected chi connectivity index (χ0v) is 14.5. The molecule has 0 aliphatic carbocycles. The molecule has 0 unspecified atom stereocenters. The molecule has 0 amide bonds. The van der Waals surface area contributed by atoms with Crippen LogP contribution in [0.4, 0.5) is 11.5 Å². The summed E-state index contributed by atoms with van der Waals surface area (Å²) >= 11 is 7.56. The number of hydrogen-bond acceptors (Lipinski definition) is 5. The Bertz CT molecular complexity index is 1100. The Labute approximate surface area is 153 Å². The van der Waals surface area contributed by atoms with Gasteiger partial charge in [-0.25, -0.2) is 9.97 Å². The summed E-state index contributed by atoms with van der Waals surface area (Å²) in [6.45, 7) is 0. The lowest BCUT2D eigenvalue weighted by atomic mass is 10.1. The van der Waals surface area contributed by atoms with Crippen LogP contribution in [0.1, 0.15) is 5.56 Å². The molecule has 0 spiro atoms. The molecule has 25 heavy (non-hydrogen) atoms. The molecule has 0 atom stereocenters. The van der Waals surface area contributed by atoms with Crippen LogP contribution in [-0.2, 0) is 0 Å². The second kappa shape index (κ2) is 6.52. The number of nitrogens with zero attached hydrogens (tertiary/aromatic N) is 3. The third-order valence-electron chi connectivity index (χ3n) is 3.83. The maximum Gasteiger partial charge on any atom is 0.143 e. The highest BCUT2D eigenvalue weighted by Gasteiger charge is 2.14. The van der Waals surface area contributed by atoms with Gasteiger partial charge in [0.25, 0.3) is 0 Å². The zero-order valence-electron chi connectivity index (χ0n) is 12.9. The van der Waals surface area contributed by atoms with Crippen LogP contribution in [-0.4, -0.2) is 9.97 Å². The van der Waals surface area contributed by atoms with Crippen LogP contribution in [0.3, 0.4) is 0 Å². The fourth-order valence-corrected chi connectivity index (χ4v) is 3.67. The van der Waals surface area contributed by atoms with Crippen molar-refractivity contribution in [3.63, 3.8) is 0 Å². The van der Waals surface area contributed by atoms with Crippen molar-refractivity contribution in [2.45, 2.75) is 0 Å². The standard InChI is InChI=1S/C19H11ClN4S/c20-14-7-5-12(6-8-14)15-10-25-19-17(15)18(22-11-23-19)24-16-4-2-1-3-13(16)9-21/h1-8,10-11H,(H,22,23,24). The number of rotatable bonds is 3. The molecule has 4 rings (SSSR count). The molecular formula is C19H11ClN4S. The lowest BCUT2D eigenvalue weighted by Gasteiger charge is -2.09. The Morgan fingerprint density at radius 2 is 1.84 bits per heavy atom. The molecule has 2 heterocycles. The van der Waals surface area contributed by atoms with Gasteiger partial charge in [0.1, 0.15) is 23.0 Å². The summed E-state index contributed by atoms with van der Waals surface area (Å²) < 4.78 is 0. The largest absolute Gasteiger partial charge is 0.338 e. The van der Waals surface area contributed by atoms with Gasteiger partial charge in [-0.2, -0.15) is 5.26 Å². The highest BCUT2D eigenvalue weighted by Crippen LogP contribution is 2.37. The average Bonchev–Trinajstić information content (AvgIpc) is 3.08. The highest BCUT2D eigenvalue weighted by molar-refractivity contribution is 7.17. The van der Waals surface area contributed by atoms with Crippen LogP contribution < -0.4 is 5.32 Å². The van der Waals surface area contributed by atoms with Gasteiger partial charge in [-0.3, -0.25) is 0 Å². The first kappa shape index (κ1) is 15.6. The van der Waals surface area contributed by atoms with E-state index in [2.05, 4.69) is 26.7 Å². The van der Waals surface area contributed by atoms with E-state index in [4.69, 9.17) is 11.6 Å². The van der Waals surface area contributed by atoms with Crippen molar-refractivity contribution in [1.82, 2.24) is 9.97 Å². The van der Waals surface area contributed by atoms with E-state index in [1.54, 1.807) is 17.4 Å². The van der Waals surface area contributed by atoms with Gasteiger partial charge in [0.05, 0.1) is 16.6 Å². The number of aromatic nitrogens is 2. The van der Waals surface area contributed by atoms with Crippen molar-refractivity contribution in [3.05, 3.63) is 70.8 Å². The molecule has 1 N–H and O–H groups in total. The summed E-state index contributed by atoms with van der Waals surface area (Å²) in [5.74, 6) is 0.680. The quantitative estimate of drug-likeness (QED) is 0.513. The molecule has 0 aliphatic rings. The van der Waals surface area contributed by atoms with Crippen LogP contribution in [0.2, 0.25) is 5.02 Å². The number of nitriles is 1. The van der Waals surface area contributed by atoms with Gasteiger partial charge >= 0.3 is 0 Å². The number of anilines is 2. The van der Waals surface area contributed by atoms with Crippen LogP contribution in [0.25, 0.3) is 21.3 Å². The molecular weight excluding hydrogens is 352 g/mol.